The van der Waals surface area contributed by atoms with Crippen molar-refractivity contribution in [2.75, 3.05) is 32.7 Å². The summed E-state index contributed by atoms with van der Waals surface area (Å²) < 4.78 is 15.4. The second-order valence-corrected chi connectivity index (χ2v) is 8.11. The predicted molar refractivity (Wildman–Crippen MR) is 113 cm³/mol. The third-order valence-electron chi connectivity index (χ3n) is 5.94. The number of hydrogen-bond acceptors (Lipinski definition) is 3. The molecule has 0 spiro atoms. The van der Waals surface area contributed by atoms with Crippen molar-refractivity contribution in [1.82, 2.24) is 19.6 Å². The maximum absolute atomic E-state index is 13.4. The van der Waals surface area contributed by atoms with E-state index >= 15 is 0 Å². The van der Waals surface area contributed by atoms with Gasteiger partial charge < -0.3 is 4.90 Å². The Balaban J connectivity index is 1.50. The largest absolute Gasteiger partial charge is 0.303 e. The monoisotopic (exact) mass is 386 g/mol. The maximum Gasteiger partial charge on any atom is 0.123 e. The molecule has 28 heavy (non-hydrogen) atoms. The first kappa shape index (κ1) is 21.0. The van der Waals surface area contributed by atoms with Crippen LogP contribution >= 0.6 is 0 Å². The van der Waals surface area contributed by atoms with Crippen molar-refractivity contribution in [3.63, 3.8) is 0 Å². The van der Waals surface area contributed by atoms with E-state index in [4.69, 9.17) is 0 Å². The molecular weight excluding hydrogens is 351 g/mol. The molecule has 1 saturated heterocycles. The average Bonchev–Trinajstić information content (AvgIpc) is 3.06. The van der Waals surface area contributed by atoms with Crippen LogP contribution < -0.4 is 0 Å². The van der Waals surface area contributed by atoms with Gasteiger partial charge >= 0.3 is 0 Å². The Labute approximate surface area is 169 Å². The lowest BCUT2D eigenvalue weighted by Crippen LogP contribution is -2.41. The predicted octanol–water partition coefficient (Wildman–Crippen LogP) is 4.13. The first-order chi connectivity index (χ1) is 13.6. The Kier molecular flexibility index (Phi) is 7.63. The van der Waals surface area contributed by atoms with Crippen molar-refractivity contribution >= 4 is 0 Å². The van der Waals surface area contributed by atoms with E-state index in [0.717, 1.165) is 56.9 Å². The molecule has 0 unspecified atom stereocenters. The Morgan fingerprint density at radius 1 is 1.29 bits per heavy atom. The fourth-order valence-corrected chi connectivity index (χ4v) is 4.27. The van der Waals surface area contributed by atoms with Gasteiger partial charge in [-0.2, -0.15) is 5.10 Å². The third kappa shape index (κ3) is 5.89. The number of nitrogens with zero attached hydrogens (tertiary/aromatic N) is 4. The van der Waals surface area contributed by atoms with Gasteiger partial charge in [-0.3, -0.25) is 9.58 Å². The summed E-state index contributed by atoms with van der Waals surface area (Å²) in [6.45, 7) is 14.0. The van der Waals surface area contributed by atoms with Crippen LogP contribution in [0.25, 0.3) is 0 Å². The number of rotatable bonds is 9. The van der Waals surface area contributed by atoms with Gasteiger partial charge in [0, 0.05) is 44.5 Å². The molecule has 1 aliphatic rings. The number of likely N-dealkylation sites (tertiary alicyclic amines) is 1. The van der Waals surface area contributed by atoms with Crippen LogP contribution in [0.2, 0.25) is 0 Å². The van der Waals surface area contributed by atoms with Crippen LogP contribution in [0, 0.1) is 18.7 Å². The molecule has 2 heterocycles. The van der Waals surface area contributed by atoms with Crippen LogP contribution in [0.4, 0.5) is 4.39 Å². The minimum absolute atomic E-state index is 0.130. The van der Waals surface area contributed by atoms with Crippen molar-refractivity contribution in [2.45, 2.75) is 53.1 Å². The molecule has 1 aromatic carbocycles. The highest BCUT2D eigenvalue weighted by molar-refractivity contribution is 5.17. The highest BCUT2D eigenvalue weighted by atomic mass is 19.1. The molecule has 2 aromatic rings. The van der Waals surface area contributed by atoms with Crippen LogP contribution in [-0.2, 0) is 19.5 Å². The molecule has 0 aliphatic carbocycles. The Morgan fingerprint density at radius 2 is 2.14 bits per heavy atom. The van der Waals surface area contributed by atoms with Gasteiger partial charge in [0.1, 0.15) is 5.82 Å². The lowest BCUT2D eigenvalue weighted by atomic mass is 9.96. The zero-order chi connectivity index (χ0) is 19.9. The SMILES string of the molecule is CCN(Cc1cn(CC)nc1C)C[C@@H]1CCCN(CCc2cccc(F)c2)C1. The summed E-state index contributed by atoms with van der Waals surface area (Å²) >= 11 is 0. The Morgan fingerprint density at radius 3 is 2.86 bits per heavy atom. The van der Waals surface area contributed by atoms with Crippen molar-refractivity contribution in [3.05, 3.63) is 53.1 Å². The van der Waals surface area contributed by atoms with Gasteiger partial charge in [0.2, 0.25) is 0 Å². The second kappa shape index (κ2) is 10.2. The summed E-state index contributed by atoms with van der Waals surface area (Å²) in [6, 6.07) is 7.03. The lowest BCUT2D eigenvalue weighted by Gasteiger charge is -2.35. The summed E-state index contributed by atoms with van der Waals surface area (Å²) in [5.74, 6) is 0.581. The molecule has 0 bridgehead atoms. The van der Waals surface area contributed by atoms with E-state index in [0.29, 0.717) is 5.92 Å². The Bertz CT molecular complexity index is 742. The standard InChI is InChI=1S/C23H35FN4/c1-4-26(17-22-18-28(5-2)25-19(22)3)15-21-9-7-12-27(16-21)13-11-20-8-6-10-23(24)14-20/h6,8,10,14,18,21H,4-5,7,9,11-13,15-17H2,1-3H3/t21-/m0/s1. The van der Waals surface area contributed by atoms with E-state index < -0.39 is 0 Å². The van der Waals surface area contributed by atoms with Gasteiger partial charge in [-0.25, -0.2) is 4.39 Å². The van der Waals surface area contributed by atoms with Crippen LogP contribution in [0.1, 0.15) is 43.5 Å². The highest BCUT2D eigenvalue weighted by Crippen LogP contribution is 2.20. The van der Waals surface area contributed by atoms with E-state index in [1.807, 2.05) is 16.8 Å². The zero-order valence-corrected chi connectivity index (χ0v) is 17.7. The van der Waals surface area contributed by atoms with Crippen molar-refractivity contribution < 1.29 is 4.39 Å². The smallest absolute Gasteiger partial charge is 0.123 e. The molecule has 3 rings (SSSR count). The van der Waals surface area contributed by atoms with Gasteiger partial charge in [-0.05, 0) is 69.8 Å². The van der Waals surface area contributed by atoms with Crippen LogP contribution in [0.15, 0.2) is 30.5 Å². The number of benzene rings is 1. The van der Waals surface area contributed by atoms with E-state index in [1.54, 1.807) is 6.07 Å². The highest BCUT2D eigenvalue weighted by Gasteiger charge is 2.22. The number of piperidine rings is 1. The molecule has 154 valence electrons. The van der Waals surface area contributed by atoms with Gasteiger partial charge in [-0.15, -0.1) is 0 Å². The lowest BCUT2D eigenvalue weighted by molar-refractivity contribution is 0.133. The van der Waals surface area contributed by atoms with Crippen molar-refractivity contribution in [1.29, 1.82) is 0 Å². The molecule has 0 saturated carbocycles. The topological polar surface area (TPSA) is 24.3 Å². The number of aromatic nitrogens is 2. The summed E-state index contributed by atoms with van der Waals surface area (Å²) in [5, 5.41) is 4.59. The molecule has 4 nitrogen and oxygen atoms in total. The minimum atomic E-state index is -0.130. The molecule has 1 fully saturated rings. The molecule has 1 aliphatic heterocycles. The molecule has 0 amide bonds. The molecule has 1 atom stereocenters. The molecule has 0 N–H and O–H groups in total. The van der Waals surface area contributed by atoms with Gasteiger partial charge in [0.25, 0.3) is 0 Å². The van der Waals surface area contributed by atoms with Crippen molar-refractivity contribution in [3.8, 4) is 0 Å². The fraction of sp³-hybridized carbons (Fsp3) is 0.609. The van der Waals surface area contributed by atoms with E-state index in [9.17, 15) is 4.39 Å². The molecule has 0 radical (unpaired) electrons. The van der Waals surface area contributed by atoms with Crippen LogP contribution in [0.5, 0.6) is 0 Å². The van der Waals surface area contributed by atoms with Gasteiger partial charge in [0.05, 0.1) is 5.69 Å². The molecule has 5 heteroatoms. The van der Waals surface area contributed by atoms with Crippen LogP contribution in [0.3, 0.4) is 0 Å². The zero-order valence-electron chi connectivity index (χ0n) is 17.7. The second-order valence-electron chi connectivity index (χ2n) is 8.11. The summed E-state index contributed by atoms with van der Waals surface area (Å²) in [4.78, 5) is 5.12. The third-order valence-corrected chi connectivity index (χ3v) is 5.94. The first-order valence-corrected chi connectivity index (χ1v) is 10.8. The fourth-order valence-electron chi connectivity index (χ4n) is 4.27. The van der Waals surface area contributed by atoms with Gasteiger partial charge in [-0.1, -0.05) is 19.1 Å². The van der Waals surface area contributed by atoms with Gasteiger partial charge in [0.15, 0.2) is 0 Å². The van der Waals surface area contributed by atoms with E-state index in [-0.39, 0.29) is 5.82 Å². The normalized spacial score (nSPS) is 18.1. The number of hydrogen-bond donors (Lipinski definition) is 0. The number of halogens is 1. The minimum Gasteiger partial charge on any atom is -0.303 e. The van der Waals surface area contributed by atoms with Crippen LogP contribution in [-0.4, -0.2) is 52.3 Å². The Hall–Kier alpha value is -1.72. The molecular formula is C23H35FN4. The van der Waals surface area contributed by atoms with E-state index in [1.165, 1.54) is 31.0 Å². The summed E-state index contributed by atoms with van der Waals surface area (Å²) in [6.07, 6.45) is 5.69. The maximum atomic E-state index is 13.4. The quantitative estimate of drug-likeness (QED) is 0.648. The molecule has 1 aromatic heterocycles. The van der Waals surface area contributed by atoms with Crippen molar-refractivity contribution in [2.24, 2.45) is 5.92 Å². The summed E-state index contributed by atoms with van der Waals surface area (Å²) in [5.41, 5.74) is 3.60. The van der Waals surface area contributed by atoms with E-state index in [2.05, 4.69) is 41.9 Å². The average molecular weight is 387 g/mol. The first-order valence-electron chi connectivity index (χ1n) is 10.8. The summed E-state index contributed by atoms with van der Waals surface area (Å²) in [7, 11) is 0. The number of aryl methyl sites for hydroxylation is 2.